The molecule has 3 aromatic carbocycles. The first-order valence-corrected chi connectivity index (χ1v) is 24.7. The number of nitrogens with two attached hydrogens (primary N) is 1. The van der Waals surface area contributed by atoms with Crippen LogP contribution in [0.5, 0.6) is 11.5 Å². The number of benzene rings is 3. The van der Waals surface area contributed by atoms with Gasteiger partial charge in [0.15, 0.2) is 0 Å². The predicted molar refractivity (Wildman–Crippen MR) is 276 cm³/mol. The molecule has 0 unspecified atom stereocenters. The molecule has 0 atom stereocenters. The zero-order valence-electron chi connectivity index (χ0n) is 46.4. The number of nitro groups is 2. The number of carbonyl (C=O) groups excluding carboxylic acids is 4. The molecule has 3 fully saturated rings. The number of halogens is 4. The Balaban J connectivity index is 0. The van der Waals surface area contributed by atoms with Gasteiger partial charge in [-0.25, -0.2) is 18.8 Å². The van der Waals surface area contributed by atoms with Crippen LogP contribution in [-0.2, 0) is 23.9 Å². The molecule has 28 heteroatoms. The number of rotatable bonds is 7. The third-order valence-electron chi connectivity index (χ3n) is 10.1. The van der Waals surface area contributed by atoms with E-state index in [2.05, 4.69) is 4.89 Å². The van der Waals surface area contributed by atoms with Crippen molar-refractivity contribution in [2.45, 2.75) is 136 Å². The van der Waals surface area contributed by atoms with Crippen LogP contribution in [0.15, 0.2) is 54.6 Å². The van der Waals surface area contributed by atoms with Crippen molar-refractivity contribution in [1.82, 2.24) is 14.7 Å². The van der Waals surface area contributed by atoms with Gasteiger partial charge >= 0.3 is 156 Å². The zero-order chi connectivity index (χ0) is 56.8. The van der Waals surface area contributed by atoms with Gasteiger partial charge in [0.2, 0.25) is 0 Å². The van der Waals surface area contributed by atoms with Crippen molar-refractivity contribution >= 4 is 76.6 Å². The van der Waals surface area contributed by atoms with Gasteiger partial charge < -0.3 is 60.8 Å². The van der Waals surface area contributed by atoms with Gasteiger partial charge in [-0.15, -0.1) is 0 Å². The van der Waals surface area contributed by atoms with E-state index in [1.54, 1.807) is 32.9 Å². The minimum absolute atomic E-state index is 0. The maximum absolute atomic E-state index is 12.4. The average molecular weight is 1390 g/mol. The molecule has 3 N–H and O–H groups in total. The smallest absolute Gasteiger partial charge is 1.00 e. The fourth-order valence-electron chi connectivity index (χ4n) is 6.61. The second kappa shape index (κ2) is 36.4. The second-order valence-electron chi connectivity index (χ2n) is 19.9. The number of hydrogen-bond acceptors (Lipinski definition) is 17. The summed E-state index contributed by atoms with van der Waals surface area (Å²) in [5.74, 6) is 0.391. The molecule has 3 aliphatic rings. The van der Waals surface area contributed by atoms with Crippen molar-refractivity contribution in [2.75, 3.05) is 45.0 Å². The molecule has 3 heterocycles. The first kappa shape index (κ1) is 75.0. The number of anilines is 1. The van der Waals surface area contributed by atoms with E-state index in [4.69, 9.17) is 74.3 Å². The number of carbonyl (C=O) groups is 4. The van der Waals surface area contributed by atoms with Crippen LogP contribution < -0.4 is 158 Å². The van der Waals surface area contributed by atoms with Crippen LogP contribution in [0.4, 0.5) is 35.8 Å². The number of non-ortho nitro benzene ring substituents is 2. The molecule has 22 nitrogen and oxygen atoms in total. The molecule has 0 aliphatic carbocycles. The topological polar surface area (TPSA) is 289 Å². The molecule has 420 valence electrons. The van der Waals surface area contributed by atoms with Crippen molar-refractivity contribution in [3.05, 3.63) is 95.7 Å². The Morgan fingerprint density at radius 1 is 0.623 bits per heavy atom. The van der Waals surface area contributed by atoms with Gasteiger partial charge in [-0.3, -0.25) is 25.0 Å². The minimum Gasteiger partial charge on any atom is -1.00 e. The van der Waals surface area contributed by atoms with Crippen LogP contribution in [0, 0.1) is 26.0 Å². The second-order valence-corrected chi connectivity index (χ2v) is 21.1. The third kappa shape index (κ3) is 31.1. The predicted octanol–water partition coefficient (Wildman–Crippen LogP) is 4.05. The van der Waals surface area contributed by atoms with Gasteiger partial charge in [-0.2, -0.15) is 0 Å². The quantitative estimate of drug-likeness (QED) is 0.0842. The molecule has 0 aromatic heterocycles. The number of amides is 3. The van der Waals surface area contributed by atoms with Crippen LogP contribution in [0.1, 0.15) is 102 Å². The normalized spacial score (nSPS) is 14.9. The molecular formula is C49H68Cl3Cs2FN6O16. The van der Waals surface area contributed by atoms with Gasteiger partial charge in [0, 0.05) is 94.9 Å². The molecular weight excluding hydrogens is 1320 g/mol. The van der Waals surface area contributed by atoms with E-state index in [0.29, 0.717) is 87.2 Å². The van der Waals surface area contributed by atoms with E-state index in [-0.39, 0.29) is 204 Å². The van der Waals surface area contributed by atoms with Crippen LogP contribution in [-0.4, -0.2) is 129 Å². The molecule has 0 saturated carbocycles. The minimum atomic E-state index is -0.655. The summed E-state index contributed by atoms with van der Waals surface area (Å²) in [5.41, 5.74) is 4.56. The van der Waals surface area contributed by atoms with Gasteiger partial charge in [0.25, 0.3) is 17.8 Å². The van der Waals surface area contributed by atoms with Crippen LogP contribution in [0.2, 0.25) is 15.1 Å². The summed E-state index contributed by atoms with van der Waals surface area (Å²) in [6.07, 6.45) is 2.92. The molecule has 3 saturated heterocycles. The van der Waals surface area contributed by atoms with Crippen molar-refractivity contribution in [1.29, 1.82) is 0 Å². The Bertz CT molecular complexity index is 2370. The number of hydrogen-bond donors (Lipinski definition) is 2. The van der Waals surface area contributed by atoms with Crippen LogP contribution in [0.25, 0.3) is 0 Å². The summed E-state index contributed by atoms with van der Waals surface area (Å²) in [5, 5.41) is 39.0. The summed E-state index contributed by atoms with van der Waals surface area (Å²) >= 11 is 17.4. The van der Waals surface area contributed by atoms with E-state index in [0.717, 1.165) is 31.0 Å². The number of nitro benzene ring substituents is 2. The maximum atomic E-state index is 12.4. The first-order valence-electron chi connectivity index (χ1n) is 23.6. The number of likely N-dealkylation sites (tertiary alicyclic amines) is 3. The van der Waals surface area contributed by atoms with Gasteiger partial charge in [-0.1, -0.05) is 34.8 Å². The van der Waals surface area contributed by atoms with E-state index in [1.807, 2.05) is 62.3 Å². The number of piperidine rings is 3. The number of nitrogens with zero attached hydrogens (tertiary/aromatic N) is 5. The Morgan fingerprint density at radius 3 is 1.23 bits per heavy atom. The molecule has 77 heavy (non-hydrogen) atoms. The average Bonchev–Trinajstić information content (AvgIpc) is 3.31. The number of aliphatic hydroxyl groups is 1. The molecule has 3 aromatic rings. The Morgan fingerprint density at radius 2 is 0.935 bits per heavy atom. The zero-order valence-corrected chi connectivity index (χ0v) is 60.2. The van der Waals surface area contributed by atoms with Gasteiger partial charge in [-0.05, 0) is 105 Å². The summed E-state index contributed by atoms with van der Waals surface area (Å²) in [4.78, 5) is 71.5. The van der Waals surface area contributed by atoms with E-state index in [9.17, 15) is 44.1 Å². The molecule has 6 rings (SSSR count). The fraction of sp³-hybridized carbons (Fsp3) is 0.551. The molecule has 0 bridgehead atoms. The molecule has 3 amide bonds. The first-order chi connectivity index (χ1) is 34.8. The van der Waals surface area contributed by atoms with Crippen molar-refractivity contribution in [3.8, 4) is 11.5 Å². The van der Waals surface area contributed by atoms with Crippen molar-refractivity contribution in [2.24, 2.45) is 0 Å². The Labute approximate surface area is 582 Å². The molecule has 0 spiro atoms. The fourth-order valence-corrected chi connectivity index (χ4v) is 7.24. The van der Waals surface area contributed by atoms with Gasteiger partial charge in [0.05, 0.1) is 31.0 Å². The van der Waals surface area contributed by atoms with Gasteiger partial charge in [0.1, 0.15) is 46.3 Å². The van der Waals surface area contributed by atoms with E-state index >= 15 is 0 Å². The van der Waals surface area contributed by atoms with Crippen molar-refractivity contribution < 1.29 is 212 Å². The van der Waals surface area contributed by atoms with E-state index < -0.39 is 32.5 Å². The monoisotopic (exact) mass is 1390 g/mol. The maximum Gasteiger partial charge on any atom is 1.00 e. The largest absolute Gasteiger partial charge is 1.00 e. The van der Waals surface area contributed by atoms with Crippen LogP contribution in [0.3, 0.4) is 0 Å². The number of ether oxygens (including phenoxy) is 5. The standard InChI is InChI=1S/C16H21ClN2O5.C16H23ClN2O3.C10H19NO3.C6H3ClFNO2.CH2O3.2Cs.H/c1-16(2,3)24-15(20)18-8-6-12(7-9-18)23-14-5-4-11(19(21)22)10-13(14)17;1-16(2,3)22-15(20)19-8-6-12(7-9-19)21-14-5-4-11(18)10-13(14)17;1-10(2,3)14-9(13)11-6-4-8(12)5-7-11;7-5-3-4(9(10)11)1-2-6(5)8;2-1-4-3;;;/h4-5,10,12H,6-9H2,1-3H3;4-5,10,12H,6-9,18H2,1-3H3;8,12H,4-7H2,1-3H3;1-3H;1,3H;;;/q;;;;;2*+1;-1/p-1. The SMILES string of the molecule is CC(C)(C)OC(=O)N1CCC(O)CC1.CC(C)(C)OC(=O)N1CCC(Oc2ccc(N)cc2Cl)CC1.CC(C)(C)OC(=O)N1CCC(Oc2ccc([N+](=O)[O-])cc2Cl)CC1.O=CO[O-].O=[N+]([O-])c1ccc(F)c(Cl)c1.[Cs+].[Cs+].[H-]. The summed E-state index contributed by atoms with van der Waals surface area (Å²) < 4.78 is 40.1. The summed E-state index contributed by atoms with van der Waals surface area (Å²) in [6, 6.07) is 12.3. The third-order valence-corrected chi connectivity index (χ3v) is 11.0. The molecule has 0 radical (unpaired) electrons. The number of nitrogen functional groups attached to an aromatic ring is 1. The Hall–Kier alpha value is -2.04. The van der Waals surface area contributed by atoms with Crippen molar-refractivity contribution in [3.63, 3.8) is 0 Å². The van der Waals surface area contributed by atoms with Crippen LogP contribution >= 0.6 is 34.8 Å². The Kier molecular flexibility index (Phi) is 35.5. The number of aliphatic hydroxyl groups excluding tert-OH is 1. The summed E-state index contributed by atoms with van der Waals surface area (Å²) in [6.45, 7) is 19.9. The molecule has 3 aliphatic heterocycles. The summed E-state index contributed by atoms with van der Waals surface area (Å²) in [7, 11) is 0. The van der Waals surface area contributed by atoms with E-state index in [1.165, 1.54) is 18.2 Å².